The van der Waals surface area contributed by atoms with E-state index < -0.39 is 11.5 Å². The molecule has 0 aromatic heterocycles. The van der Waals surface area contributed by atoms with Gasteiger partial charge in [0.15, 0.2) is 5.78 Å². The molecule has 0 saturated carbocycles. The van der Waals surface area contributed by atoms with E-state index in [1.807, 2.05) is 0 Å². The number of ketones is 1. The van der Waals surface area contributed by atoms with Crippen molar-refractivity contribution in [1.82, 2.24) is 0 Å². The van der Waals surface area contributed by atoms with E-state index in [9.17, 15) is 23.7 Å². The van der Waals surface area contributed by atoms with Gasteiger partial charge in [-0.25, -0.2) is 0 Å². The molecule has 2 aromatic rings. The second kappa shape index (κ2) is 8.00. The summed E-state index contributed by atoms with van der Waals surface area (Å²) in [6, 6.07) is 9.75. The number of carbonyl (C=O) groups is 1. The van der Waals surface area contributed by atoms with E-state index in [-0.39, 0.29) is 22.8 Å². The summed E-state index contributed by atoms with van der Waals surface area (Å²) in [6.45, 7) is -2.93. The third-order valence-corrected chi connectivity index (χ3v) is 3.28. The van der Waals surface area contributed by atoms with Gasteiger partial charge in [0.1, 0.15) is 11.4 Å². The molecule has 6 nitrogen and oxygen atoms in total. The van der Waals surface area contributed by atoms with E-state index in [1.54, 1.807) is 19.2 Å². The van der Waals surface area contributed by atoms with Crippen molar-refractivity contribution in [2.24, 2.45) is 0 Å². The van der Waals surface area contributed by atoms with Gasteiger partial charge in [0, 0.05) is 18.7 Å². The van der Waals surface area contributed by atoms with Crippen molar-refractivity contribution >= 4 is 23.2 Å². The second-order valence-corrected chi connectivity index (χ2v) is 4.88. The van der Waals surface area contributed by atoms with Crippen LogP contribution in [0.15, 0.2) is 48.5 Å². The van der Waals surface area contributed by atoms with E-state index in [0.717, 1.165) is 0 Å². The predicted octanol–water partition coefficient (Wildman–Crippen LogP) is 4.13. The Morgan fingerprint density at radius 2 is 1.92 bits per heavy atom. The molecule has 0 aliphatic rings. The van der Waals surface area contributed by atoms with E-state index in [0.29, 0.717) is 11.3 Å². The van der Waals surface area contributed by atoms with Crippen LogP contribution >= 0.6 is 0 Å². The third kappa shape index (κ3) is 4.84. The lowest BCUT2D eigenvalue weighted by Crippen LogP contribution is -2.02. The third-order valence-electron chi connectivity index (χ3n) is 3.28. The molecule has 0 fully saturated rings. The fourth-order valence-corrected chi connectivity index (χ4v) is 2.08. The SMILES string of the molecule is CNc1ccc(/C=C/C(=O)c2ccc(OC(F)F)cc2)cc1[N+](=O)[O-]. The van der Waals surface area contributed by atoms with Crippen LogP contribution in [0, 0.1) is 10.1 Å². The van der Waals surface area contributed by atoms with Crippen molar-refractivity contribution in [3.8, 4) is 5.75 Å². The molecule has 0 bridgehead atoms. The van der Waals surface area contributed by atoms with Gasteiger partial charge in [-0.1, -0.05) is 12.1 Å². The van der Waals surface area contributed by atoms with Crippen LogP contribution in [0.2, 0.25) is 0 Å². The van der Waals surface area contributed by atoms with Crippen molar-refractivity contribution in [2.75, 3.05) is 12.4 Å². The molecule has 0 heterocycles. The molecule has 0 atom stereocenters. The zero-order valence-corrected chi connectivity index (χ0v) is 13.1. The van der Waals surface area contributed by atoms with Crippen LogP contribution in [-0.4, -0.2) is 24.4 Å². The molecule has 2 rings (SSSR count). The average Bonchev–Trinajstić information content (AvgIpc) is 2.59. The first kappa shape index (κ1) is 18.1. The molecule has 2 aromatic carbocycles. The zero-order valence-electron chi connectivity index (χ0n) is 13.1. The molecule has 0 aliphatic heterocycles. The van der Waals surface area contributed by atoms with Gasteiger partial charge in [-0.3, -0.25) is 14.9 Å². The largest absolute Gasteiger partial charge is 0.435 e. The minimum absolute atomic E-state index is 0.0474. The highest BCUT2D eigenvalue weighted by molar-refractivity contribution is 6.06. The minimum Gasteiger partial charge on any atom is -0.435 e. The Balaban J connectivity index is 2.14. The molecule has 130 valence electrons. The van der Waals surface area contributed by atoms with Gasteiger partial charge in [-0.05, 0) is 42.0 Å². The first-order valence-corrected chi connectivity index (χ1v) is 7.14. The van der Waals surface area contributed by atoms with Crippen LogP contribution in [0.3, 0.4) is 0 Å². The first-order valence-electron chi connectivity index (χ1n) is 7.14. The van der Waals surface area contributed by atoms with Gasteiger partial charge in [-0.2, -0.15) is 8.78 Å². The number of carbonyl (C=O) groups excluding carboxylic acids is 1. The lowest BCUT2D eigenvalue weighted by Gasteiger charge is -2.04. The summed E-state index contributed by atoms with van der Waals surface area (Å²) in [5.74, 6) is -0.419. The van der Waals surface area contributed by atoms with Crippen molar-refractivity contribution in [3.63, 3.8) is 0 Å². The Morgan fingerprint density at radius 3 is 2.48 bits per heavy atom. The number of alkyl halides is 2. The number of nitrogens with zero attached hydrogens (tertiary/aromatic N) is 1. The van der Waals surface area contributed by atoms with Crippen LogP contribution in [0.5, 0.6) is 5.75 Å². The fourth-order valence-electron chi connectivity index (χ4n) is 2.08. The maximum atomic E-state index is 12.1. The van der Waals surface area contributed by atoms with Gasteiger partial charge in [0.25, 0.3) is 5.69 Å². The van der Waals surface area contributed by atoms with Gasteiger partial charge < -0.3 is 10.1 Å². The van der Waals surface area contributed by atoms with Crippen molar-refractivity contribution in [3.05, 3.63) is 69.8 Å². The van der Waals surface area contributed by atoms with Crippen LogP contribution in [-0.2, 0) is 0 Å². The van der Waals surface area contributed by atoms with E-state index in [2.05, 4.69) is 10.1 Å². The molecule has 1 N–H and O–H groups in total. The van der Waals surface area contributed by atoms with Gasteiger partial charge in [-0.15, -0.1) is 0 Å². The number of hydrogen-bond acceptors (Lipinski definition) is 5. The van der Waals surface area contributed by atoms with Crippen LogP contribution < -0.4 is 10.1 Å². The van der Waals surface area contributed by atoms with Crippen molar-refractivity contribution < 1.29 is 23.2 Å². The normalized spacial score (nSPS) is 10.9. The Bertz CT molecular complexity index is 805. The summed E-state index contributed by atoms with van der Waals surface area (Å²) in [7, 11) is 1.57. The maximum absolute atomic E-state index is 12.1. The minimum atomic E-state index is -2.93. The van der Waals surface area contributed by atoms with E-state index >= 15 is 0 Å². The van der Waals surface area contributed by atoms with Crippen molar-refractivity contribution in [2.45, 2.75) is 6.61 Å². The molecular weight excluding hydrogens is 334 g/mol. The summed E-state index contributed by atoms with van der Waals surface area (Å²) in [5, 5.41) is 13.7. The Kier molecular flexibility index (Phi) is 5.78. The molecule has 25 heavy (non-hydrogen) atoms. The lowest BCUT2D eigenvalue weighted by atomic mass is 10.1. The molecule has 0 unspecified atom stereocenters. The van der Waals surface area contributed by atoms with Crippen LogP contribution in [0.4, 0.5) is 20.2 Å². The summed E-state index contributed by atoms with van der Waals surface area (Å²) in [4.78, 5) is 22.6. The summed E-state index contributed by atoms with van der Waals surface area (Å²) < 4.78 is 28.4. The number of allylic oxidation sites excluding steroid dienone is 1. The molecule has 0 radical (unpaired) electrons. The Hall–Kier alpha value is -3.29. The van der Waals surface area contributed by atoms with Crippen molar-refractivity contribution in [1.29, 1.82) is 0 Å². The highest BCUT2D eigenvalue weighted by Gasteiger charge is 2.12. The highest BCUT2D eigenvalue weighted by atomic mass is 19.3. The number of benzene rings is 2. The topological polar surface area (TPSA) is 81.5 Å². The Morgan fingerprint density at radius 1 is 1.24 bits per heavy atom. The number of ether oxygens (including phenoxy) is 1. The average molecular weight is 348 g/mol. The van der Waals surface area contributed by atoms with Gasteiger partial charge in [0.05, 0.1) is 4.92 Å². The molecule has 0 saturated heterocycles. The monoisotopic (exact) mass is 348 g/mol. The quantitative estimate of drug-likeness (QED) is 0.352. The fraction of sp³-hybridized carbons (Fsp3) is 0.118. The lowest BCUT2D eigenvalue weighted by molar-refractivity contribution is -0.384. The second-order valence-electron chi connectivity index (χ2n) is 4.88. The van der Waals surface area contributed by atoms with E-state index in [1.165, 1.54) is 42.5 Å². The van der Waals surface area contributed by atoms with Crippen LogP contribution in [0.25, 0.3) is 6.08 Å². The maximum Gasteiger partial charge on any atom is 0.387 e. The van der Waals surface area contributed by atoms with E-state index in [4.69, 9.17) is 0 Å². The number of hydrogen-bond donors (Lipinski definition) is 1. The summed E-state index contributed by atoms with van der Waals surface area (Å²) in [6.07, 6.45) is 2.69. The number of halogens is 2. The number of nitro groups is 1. The molecular formula is C17H14F2N2O4. The summed E-state index contributed by atoms with van der Waals surface area (Å²) in [5.41, 5.74) is 1.02. The Labute approximate surface area is 141 Å². The molecule has 0 amide bonds. The molecule has 0 aliphatic carbocycles. The first-order chi connectivity index (χ1) is 11.9. The summed E-state index contributed by atoms with van der Waals surface area (Å²) >= 11 is 0. The number of nitro benzene ring substituents is 1. The number of rotatable bonds is 7. The van der Waals surface area contributed by atoms with Crippen LogP contribution in [0.1, 0.15) is 15.9 Å². The number of anilines is 1. The molecule has 0 spiro atoms. The predicted molar refractivity (Wildman–Crippen MR) is 89.1 cm³/mol. The zero-order chi connectivity index (χ0) is 18.4. The highest BCUT2D eigenvalue weighted by Crippen LogP contribution is 2.25. The van der Waals surface area contributed by atoms with Gasteiger partial charge >= 0.3 is 6.61 Å². The number of nitrogens with one attached hydrogen (secondary N) is 1. The van der Waals surface area contributed by atoms with Gasteiger partial charge in [0.2, 0.25) is 0 Å². The smallest absolute Gasteiger partial charge is 0.387 e. The molecule has 8 heteroatoms. The standard InChI is InChI=1S/C17H14F2N2O4/c1-20-14-8-2-11(10-15(14)21(23)24)3-9-16(22)12-4-6-13(7-5-12)25-17(18)19/h2-10,17,20H,1H3/b9-3+.